The van der Waals surface area contributed by atoms with Crippen LogP contribution in [-0.2, 0) is 21.2 Å². The van der Waals surface area contributed by atoms with Crippen LogP contribution in [0.15, 0.2) is 71.6 Å². The standard InChI is InChI=1S/C31H32N4O8S/c1-4-21-8-5-6-11-25(21)35-30(20(2)28(33-35)31(37)38)43-26-13-12-23(32-29(36)22-9-7-10-24(18-22)41-3)19-27(26)44(39,40)34-14-16-42-17-15-34/h5-13,18-19H,4,14-17H2,1-3H3,(H,32,36)(H,37,38). The highest BCUT2D eigenvalue weighted by molar-refractivity contribution is 7.89. The summed E-state index contributed by atoms with van der Waals surface area (Å²) in [6.07, 6.45) is 0.634. The van der Waals surface area contributed by atoms with Gasteiger partial charge in [-0.05, 0) is 61.4 Å². The summed E-state index contributed by atoms with van der Waals surface area (Å²) in [7, 11) is -2.66. The van der Waals surface area contributed by atoms with Crippen molar-refractivity contribution in [1.82, 2.24) is 14.1 Å². The number of nitrogens with one attached hydrogen (secondary N) is 1. The van der Waals surface area contributed by atoms with Crippen LogP contribution in [0, 0.1) is 6.92 Å². The molecule has 0 bridgehead atoms. The fraction of sp³-hybridized carbons (Fsp3) is 0.258. The van der Waals surface area contributed by atoms with Crippen LogP contribution in [0.5, 0.6) is 17.4 Å². The first kappa shape index (κ1) is 30.7. The van der Waals surface area contributed by atoms with Gasteiger partial charge in [0.2, 0.25) is 15.9 Å². The minimum Gasteiger partial charge on any atom is -0.497 e. The summed E-state index contributed by atoms with van der Waals surface area (Å²) in [6.45, 7) is 4.22. The molecule has 1 aliphatic rings. The lowest BCUT2D eigenvalue weighted by molar-refractivity contribution is 0.0689. The van der Waals surface area contributed by atoms with Gasteiger partial charge < -0.3 is 24.6 Å². The maximum absolute atomic E-state index is 14.0. The zero-order valence-corrected chi connectivity index (χ0v) is 25.3. The Kier molecular flexibility index (Phi) is 8.99. The third-order valence-electron chi connectivity index (χ3n) is 7.20. The van der Waals surface area contributed by atoms with Crippen molar-refractivity contribution in [3.05, 3.63) is 89.1 Å². The predicted molar refractivity (Wildman–Crippen MR) is 162 cm³/mol. The third-order valence-corrected chi connectivity index (χ3v) is 9.12. The molecule has 2 N–H and O–H groups in total. The number of aromatic nitrogens is 2. The van der Waals surface area contributed by atoms with Crippen LogP contribution in [0.1, 0.15) is 38.9 Å². The average molecular weight is 621 g/mol. The van der Waals surface area contributed by atoms with Crippen molar-refractivity contribution in [2.24, 2.45) is 0 Å². The molecule has 1 aromatic heterocycles. The average Bonchev–Trinajstić information content (AvgIpc) is 3.37. The molecule has 0 aliphatic carbocycles. The van der Waals surface area contributed by atoms with Crippen LogP contribution in [0.3, 0.4) is 0 Å². The van der Waals surface area contributed by atoms with Crippen LogP contribution in [0.25, 0.3) is 5.69 Å². The fourth-order valence-electron chi connectivity index (χ4n) is 4.85. The summed E-state index contributed by atoms with van der Waals surface area (Å²) in [5.41, 5.74) is 2.00. The topological polar surface area (TPSA) is 149 Å². The Morgan fingerprint density at radius 1 is 1.05 bits per heavy atom. The number of carbonyl (C=O) groups excluding carboxylic acids is 1. The van der Waals surface area contributed by atoms with E-state index in [1.165, 1.54) is 34.3 Å². The molecule has 5 rings (SSSR count). The maximum Gasteiger partial charge on any atom is 0.356 e. The van der Waals surface area contributed by atoms with Crippen molar-refractivity contribution in [2.75, 3.05) is 38.7 Å². The van der Waals surface area contributed by atoms with Crippen molar-refractivity contribution in [1.29, 1.82) is 0 Å². The summed E-state index contributed by atoms with van der Waals surface area (Å²) < 4.78 is 47.5. The maximum atomic E-state index is 14.0. The van der Waals surface area contributed by atoms with Gasteiger partial charge >= 0.3 is 5.97 Å². The van der Waals surface area contributed by atoms with Gasteiger partial charge in [0, 0.05) is 29.9 Å². The Labute approximate surface area is 254 Å². The van der Waals surface area contributed by atoms with E-state index in [-0.39, 0.29) is 59.8 Å². The highest BCUT2D eigenvalue weighted by atomic mass is 32.2. The number of anilines is 1. The van der Waals surface area contributed by atoms with Gasteiger partial charge in [-0.15, -0.1) is 0 Å². The number of carboxylic acids is 1. The predicted octanol–water partition coefficient (Wildman–Crippen LogP) is 4.52. The lowest BCUT2D eigenvalue weighted by Crippen LogP contribution is -2.40. The quantitative estimate of drug-likeness (QED) is 0.261. The summed E-state index contributed by atoms with van der Waals surface area (Å²) in [5, 5.41) is 16.9. The van der Waals surface area contributed by atoms with E-state index in [9.17, 15) is 23.1 Å². The summed E-state index contributed by atoms with van der Waals surface area (Å²) in [5.74, 6) is -1.24. The number of aromatic carboxylic acids is 1. The molecule has 3 aromatic carbocycles. The summed E-state index contributed by atoms with van der Waals surface area (Å²) >= 11 is 0. The SMILES string of the molecule is CCc1ccccc1-n1nc(C(=O)O)c(C)c1Oc1ccc(NC(=O)c2cccc(OC)c2)cc1S(=O)(=O)N1CCOCC1. The molecule has 0 saturated carbocycles. The number of morpholine rings is 1. The number of hydrogen-bond donors (Lipinski definition) is 2. The molecule has 1 fully saturated rings. The fourth-order valence-corrected chi connectivity index (χ4v) is 6.40. The summed E-state index contributed by atoms with van der Waals surface area (Å²) in [6, 6.07) is 18.2. The molecule has 4 aromatic rings. The second-order valence-electron chi connectivity index (χ2n) is 9.94. The zero-order valence-electron chi connectivity index (χ0n) is 24.4. The number of benzene rings is 3. The molecular weight excluding hydrogens is 588 g/mol. The lowest BCUT2D eigenvalue weighted by atomic mass is 10.1. The van der Waals surface area contributed by atoms with Crippen LogP contribution in [-0.4, -0.2) is 72.9 Å². The molecule has 0 spiro atoms. The molecule has 2 heterocycles. The van der Waals surface area contributed by atoms with Crippen LogP contribution < -0.4 is 14.8 Å². The number of ether oxygens (including phenoxy) is 3. The van der Waals surface area contributed by atoms with Gasteiger partial charge in [0.05, 0.1) is 26.0 Å². The highest BCUT2D eigenvalue weighted by Gasteiger charge is 2.32. The van der Waals surface area contributed by atoms with E-state index < -0.39 is 21.9 Å². The second-order valence-corrected chi connectivity index (χ2v) is 11.9. The van der Waals surface area contributed by atoms with Crippen molar-refractivity contribution in [3.8, 4) is 23.1 Å². The molecule has 1 aliphatic heterocycles. The Morgan fingerprint density at radius 2 is 1.80 bits per heavy atom. The number of aryl methyl sites for hydroxylation is 1. The number of rotatable bonds is 10. The smallest absolute Gasteiger partial charge is 0.356 e. The van der Waals surface area contributed by atoms with Crippen LogP contribution in [0.4, 0.5) is 5.69 Å². The Bertz CT molecular complexity index is 1810. The molecule has 230 valence electrons. The van der Waals surface area contributed by atoms with E-state index in [2.05, 4.69) is 10.4 Å². The van der Waals surface area contributed by atoms with Crippen LogP contribution >= 0.6 is 0 Å². The van der Waals surface area contributed by atoms with E-state index >= 15 is 0 Å². The largest absolute Gasteiger partial charge is 0.497 e. The number of methoxy groups -OCH3 is 1. The first-order chi connectivity index (χ1) is 21.1. The number of carbonyl (C=O) groups is 2. The zero-order chi connectivity index (χ0) is 31.4. The van der Waals surface area contributed by atoms with E-state index in [0.29, 0.717) is 23.4 Å². The number of carboxylic acid groups (broad SMARTS) is 1. The minimum absolute atomic E-state index is 0.0508. The lowest BCUT2D eigenvalue weighted by Gasteiger charge is -2.27. The van der Waals surface area contributed by atoms with E-state index in [0.717, 1.165) is 5.56 Å². The molecule has 0 atom stereocenters. The molecule has 0 unspecified atom stereocenters. The van der Waals surface area contributed by atoms with Gasteiger partial charge in [-0.2, -0.15) is 14.1 Å². The first-order valence-corrected chi connectivity index (χ1v) is 15.3. The highest BCUT2D eigenvalue weighted by Crippen LogP contribution is 2.37. The normalized spacial score (nSPS) is 13.8. The molecule has 1 amide bonds. The number of para-hydroxylation sites is 1. The Hall–Kier alpha value is -4.72. The van der Waals surface area contributed by atoms with Crippen molar-refractivity contribution >= 4 is 27.6 Å². The van der Waals surface area contributed by atoms with Crippen LogP contribution in [0.2, 0.25) is 0 Å². The molecular formula is C31H32N4O8S. The van der Waals surface area contributed by atoms with Gasteiger partial charge in [-0.1, -0.05) is 31.2 Å². The van der Waals surface area contributed by atoms with E-state index in [1.54, 1.807) is 43.3 Å². The van der Waals surface area contributed by atoms with E-state index in [4.69, 9.17) is 14.2 Å². The van der Waals surface area contributed by atoms with Gasteiger partial charge in [0.1, 0.15) is 16.4 Å². The first-order valence-electron chi connectivity index (χ1n) is 13.9. The van der Waals surface area contributed by atoms with Crippen molar-refractivity contribution < 1.29 is 37.3 Å². The number of nitrogens with zero attached hydrogens (tertiary/aromatic N) is 3. The van der Waals surface area contributed by atoms with Gasteiger partial charge in [0.25, 0.3) is 5.91 Å². The minimum atomic E-state index is -4.15. The van der Waals surface area contributed by atoms with Crippen molar-refractivity contribution in [3.63, 3.8) is 0 Å². The Balaban J connectivity index is 1.61. The molecule has 13 heteroatoms. The van der Waals surface area contributed by atoms with Gasteiger partial charge in [-0.25, -0.2) is 13.2 Å². The van der Waals surface area contributed by atoms with Gasteiger partial charge in [-0.3, -0.25) is 4.79 Å². The third kappa shape index (κ3) is 6.16. The number of hydrogen-bond acceptors (Lipinski definition) is 8. The van der Waals surface area contributed by atoms with Crippen molar-refractivity contribution in [2.45, 2.75) is 25.2 Å². The van der Waals surface area contributed by atoms with Gasteiger partial charge in [0.15, 0.2) is 5.69 Å². The number of sulfonamides is 1. The summed E-state index contributed by atoms with van der Waals surface area (Å²) in [4.78, 5) is 24.9. The number of amides is 1. The Morgan fingerprint density at radius 3 is 2.50 bits per heavy atom. The monoisotopic (exact) mass is 620 g/mol. The van der Waals surface area contributed by atoms with E-state index in [1.807, 2.05) is 19.1 Å². The molecule has 12 nitrogen and oxygen atoms in total. The second kappa shape index (κ2) is 12.9. The molecule has 44 heavy (non-hydrogen) atoms. The molecule has 1 saturated heterocycles. The molecule has 0 radical (unpaired) electrons.